The van der Waals surface area contributed by atoms with E-state index in [1.165, 1.54) is 0 Å². The Balaban J connectivity index is 2.69. The molecule has 0 bridgehead atoms. The Morgan fingerprint density at radius 1 is 1.62 bits per heavy atom. The minimum absolute atomic E-state index is 0.177. The van der Waals surface area contributed by atoms with E-state index in [9.17, 15) is 4.79 Å². The van der Waals surface area contributed by atoms with Crippen molar-refractivity contribution in [3.05, 3.63) is 15.9 Å². The molecule has 0 atom stereocenters. The summed E-state index contributed by atoms with van der Waals surface area (Å²) in [5, 5.41) is 9.62. The summed E-state index contributed by atoms with van der Waals surface area (Å²) in [7, 11) is 0. The molecule has 0 radical (unpaired) electrons. The summed E-state index contributed by atoms with van der Waals surface area (Å²) in [6.07, 6.45) is 0.769. The first-order valence-electron chi connectivity index (χ1n) is 5.30. The van der Waals surface area contributed by atoms with Crippen LogP contribution in [0.2, 0.25) is 0 Å². The fourth-order valence-electron chi connectivity index (χ4n) is 1.26. The number of aromatic amines is 1. The highest BCUT2D eigenvalue weighted by atomic mass is 79.9. The molecule has 1 heterocycles. The van der Waals surface area contributed by atoms with Crippen molar-refractivity contribution < 1.29 is 4.79 Å². The van der Waals surface area contributed by atoms with Gasteiger partial charge in [-0.25, -0.2) is 0 Å². The molecule has 0 aliphatic rings. The van der Waals surface area contributed by atoms with Crippen LogP contribution in [-0.4, -0.2) is 29.2 Å². The largest absolute Gasteiger partial charge is 0.351 e. The maximum atomic E-state index is 11.7. The van der Waals surface area contributed by atoms with E-state index in [0.29, 0.717) is 24.7 Å². The maximum Gasteiger partial charge on any atom is 0.272 e. The molecule has 1 amide bonds. The number of hydrogen-bond acceptors (Lipinski definition) is 3. The number of nitrogens with one attached hydrogen (secondary N) is 2. The minimum atomic E-state index is -0.177. The highest BCUT2D eigenvalue weighted by molar-refractivity contribution is 9.10. The number of carbonyl (C=O) groups excluding carboxylic acids is 1. The second-order valence-electron chi connectivity index (χ2n) is 3.85. The smallest absolute Gasteiger partial charge is 0.272 e. The summed E-state index contributed by atoms with van der Waals surface area (Å²) < 4.78 is 0.743. The number of carbonyl (C=O) groups is 1. The Kier molecular flexibility index (Phi) is 4.95. The normalized spacial score (nSPS) is 10.8. The van der Waals surface area contributed by atoms with E-state index in [1.807, 2.05) is 13.8 Å². The first-order valence-corrected chi connectivity index (χ1v) is 6.09. The Morgan fingerprint density at radius 2 is 2.31 bits per heavy atom. The second-order valence-corrected chi connectivity index (χ2v) is 4.65. The molecule has 0 saturated heterocycles. The summed E-state index contributed by atoms with van der Waals surface area (Å²) in [6.45, 7) is 5.22. The van der Waals surface area contributed by atoms with E-state index < -0.39 is 0 Å². The maximum absolute atomic E-state index is 11.7. The second kappa shape index (κ2) is 6.00. The fourth-order valence-corrected chi connectivity index (χ4v) is 2.08. The van der Waals surface area contributed by atoms with Gasteiger partial charge in [-0.15, -0.1) is 0 Å². The third-order valence-corrected chi connectivity index (χ3v) is 2.99. The third kappa shape index (κ3) is 3.05. The molecule has 0 aliphatic heterocycles. The van der Waals surface area contributed by atoms with E-state index >= 15 is 0 Å². The van der Waals surface area contributed by atoms with Crippen molar-refractivity contribution in [2.75, 3.05) is 13.1 Å². The van der Waals surface area contributed by atoms with Crippen LogP contribution in [0.25, 0.3) is 0 Å². The zero-order valence-corrected chi connectivity index (χ0v) is 11.1. The number of hydrogen-bond donors (Lipinski definition) is 3. The van der Waals surface area contributed by atoms with Gasteiger partial charge in [0.1, 0.15) is 0 Å². The van der Waals surface area contributed by atoms with Crippen LogP contribution in [-0.2, 0) is 0 Å². The molecule has 0 spiro atoms. The number of nitrogens with two attached hydrogens (primary N) is 1. The zero-order chi connectivity index (χ0) is 12.1. The Morgan fingerprint density at radius 3 is 2.81 bits per heavy atom. The highest BCUT2D eigenvalue weighted by Gasteiger charge is 2.18. The van der Waals surface area contributed by atoms with E-state index in [0.717, 1.165) is 16.6 Å². The lowest BCUT2D eigenvalue weighted by atomic mass is 10.1. The number of aromatic nitrogens is 2. The third-order valence-electron chi connectivity index (χ3n) is 2.19. The van der Waals surface area contributed by atoms with Crippen LogP contribution in [0.15, 0.2) is 4.47 Å². The quantitative estimate of drug-likeness (QED) is 0.716. The molecule has 6 heteroatoms. The van der Waals surface area contributed by atoms with Crippen molar-refractivity contribution in [1.82, 2.24) is 15.5 Å². The Labute approximate surface area is 103 Å². The van der Waals surface area contributed by atoms with E-state index in [4.69, 9.17) is 5.73 Å². The zero-order valence-electron chi connectivity index (χ0n) is 9.51. The SMILES string of the molecule is CC(C)c1[nH]nc(C(=O)NCCCN)c1Br. The van der Waals surface area contributed by atoms with Gasteiger partial charge in [-0.2, -0.15) is 5.10 Å². The van der Waals surface area contributed by atoms with Crippen molar-refractivity contribution >= 4 is 21.8 Å². The molecule has 0 saturated carbocycles. The van der Waals surface area contributed by atoms with Crippen LogP contribution in [0.1, 0.15) is 42.4 Å². The monoisotopic (exact) mass is 288 g/mol. The van der Waals surface area contributed by atoms with Crippen LogP contribution in [0.4, 0.5) is 0 Å². The van der Waals surface area contributed by atoms with Gasteiger partial charge in [0.15, 0.2) is 5.69 Å². The van der Waals surface area contributed by atoms with Crippen LogP contribution in [0, 0.1) is 0 Å². The van der Waals surface area contributed by atoms with Gasteiger partial charge in [0.25, 0.3) is 5.91 Å². The van der Waals surface area contributed by atoms with Gasteiger partial charge in [-0.3, -0.25) is 9.89 Å². The van der Waals surface area contributed by atoms with Gasteiger partial charge >= 0.3 is 0 Å². The summed E-state index contributed by atoms with van der Waals surface area (Å²) in [4.78, 5) is 11.7. The molecule has 4 N–H and O–H groups in total. The predicted octanol–water partition coefficient (Wildman–Crippen LogP) is 1.37. The van der Waals surface area contributed by atoms with E-state index in [-0.39, 0.29) is 5.91 Å². The van der Waals surface area contributed by atoms with Crippen molar-refractivity contribution in [2.45, 2.75) is 26.2 Å². The van der Waals surface area contributed by atoms with Crippen molar-refractivity contribution in [3.63, 3.8) is 0 Å². The number of halogens is 1. The minimum Gasteiger partial charge on any atom is -0.351 e. The van der Waals surface area contributed by atoms with Crippen LogP contribution < -0.4 is 11.1 Å². The summed E-state index contributed by atoms with van der Waals surface area (Å²) in [5.74, 6) is 0.121. The summed E-state index contributed by atoms with van der Waals surface area (Å²) >= 11 is 3.38. The van der Waals surface area contributed by atoms with Gasteiger partial charge < -0.3 is 11.1 Å². The van der Waals surface area contributed by atoms with Crippen molar-refractivity contribution in [2.24, 2.45) is 5.73 Å². The molecule has 90 valence electrons. The Hall–Kier alpha value is -0.880. The molecule has 0 aliphatic carbocycles. The lowest BCUT2D eigenvalue weighted by Gasteiger charge is -2.03. The molecule has 1 aromatic heterocycles. The van der Waals surface area contributed by atoms with Crippen LogP contribution in [0.5, 0.6) is 0 Å². The predicted molar refractivity (Wildman–Crippen MR) is 66.4 cm³/mol. The molecule has 0 unspecified atom stereocenters. The Bertz CT molecular complexity index is 362. The molecular weight excluding hydrogens is 272 g/mol. The van der Waals surface area contributed by atoms with Gasteiger partial charge in [0, 0.05) is 6.54 Å². The molecule has 1 rings (SSSR count). The average Bonchev–Trinajstić information content (AvgIpc) is 2.60. The summed E-state index contributed by atoms with van der Waals surface area (Å²) in [6, 6.07) is 0. The number of H-pyrrole nitrogens is 1. The van der Waals surface area contributed by atoms with Crippen LogP contribution >= 0.6 is 15.9 Å². The van der Waals surface area contributed by atoms with Gasteiger partial charge in [0.2, 0.25) is 0 Å². The lowest BCUT2D eigenvalue weighted by molar-refractivity contribution is 0.0947. The van der Waals surface area contributed by atoms with Crippen molar-refractivity contribution in [1.29, 1.82) is 0 Å². The molecule has 1 aromatic rings. The van der Waals surface area contributed by atoms with Gasteiger partial charge in [-0.1, -0.05) is 13.8 Å². The van der Waals surface area contributed by atoms with E-state index in [2.05, 4.69) is 31.4 Å². The van der Waals surface area contributed by atoms with E-state index in [1.54, 1.807) is 0 Å². The molecule has 5 nitrogen and oxygen atoms in total. The molecule has 0 fully saturated rings. The molecule has 0 aromatic carbocycles. The first kappa shape index (κ1) is 13.2. The van der Waals surface area contributed by atoms with Gasteiger partial charge in [0.05, 0.1) is 10.2 Å². The number of amides is 1. The molecule has 16 heavy (non-hydrogen) atoms. The standard InChI is InChI=1S/C10H17BrN4O/c1-6(2)8-7(11)9(15-14-8)10(16)13-5-3-4-12/h6H,3-5,12H2,1-2H3,(H,13,16)(H,14,15). The van der Waals surface area contributed by atoms with Crippen LogP contribution in [0.3, 0.4) is 0 Å². The fraction of sp³-hybridized carbons (Fsp3) is 0.600. The summed E-state index contributed by atoms with van der Waals surface area (Å²) in [5.41, 5.74) is 6.68. The first-order chi connectivity index (χ1) is 7.57. The highest BCUT2D eigenvalue weighted by Crippen LogP contribution is 2.25. The number of nitrogens with zero attached hydrogens (tertiary/aromatic N) is 1. The number of rotatable bonds is 5. The van der Waals surface area contributed by atoms with Crippen molar-refractivity contribution in [3.8, 4) is 0 Å². The average molecular weight is 289 g/mol. The molecular formula is C10H17BrN4O. The topological polar surface area (TPSA) is 83.8 Å². The lowest BCUT2D eigenvalue weighted by Crippen LogP contribution is -2.26. The van der Waals surface area contributed by atoms with Gasteiger partial charge in [-0.05, 0) is 34.8 Å².